The van der Waals surface area contributed by atoms with E-state index in [0.29, 0.717) is 11.4 Å². The lowest BCUT2D eigenvalue weighted by atomic mass is 10.2. The molecule has 0 radical (unpaired) electrons. The summed E-state index contributed by atoms with van der Waals surface area (Å²) in [6.07, 6.45) is 0.216. The van der Waals surface area contributed by atoms with Gasteiger partial charge in [-0.1, -0.05) is 11.8 Å². The zero-order chi connectivity index (χ0) is 10.4. The van der Waals surface area contributed by atoms with Gasteiger partial charge in [-0.2, -0.15) is 5.26 Å². The Morgan fingerprint density at radius 2 is 2.29 bits per heavy atom. The number of nitrogens with two attached hydrogens (primary N) is 1. The van der Waals surface area contributed by atoms with Crippen LogP contribution < -0.4 is 10.5 Å². The number of ether oxygens (including phenoxy) is 1. The Bertz CT molecular complexity index is 421. The summed E-state index contributed by atoms with van der Waals surface area (Å²) in [5, 5.41) is 8.31. The van der Waals surface area contributed by atoms with Crippen molar-refractivity contribution in [3.05, 3.63) is 23.8 Å². The summed E-state index contributed by atoms with van der Waals surface area (Å²) in [6.45, 7) is 0. The summed E-state index contributed by atoms with van der Waals surface area (Å²) in [5.74, 6) is 6.19. The van der Waals surface area contributed by atoms with Crippen LogP contribution in [0, 0.1) is 23.2 Å². The number of nitrogens with zero attached hydrogens (tertiary/aromatic N) is 1. The molecule has 3 nitrogen and oxygen atoms in total. The first-order valence-electron chi connectivity index (χ1n) is 4.07. The average Bonchev–Trinajstić information content (AvgIpc) is 2.20. The summed E-state index contributed by atoms with van der Waals surface area (Å²) < 4.78 is 5.09. The van der Waals surface area contributed by atoms with Gasteiger partial charge in [0.2, 0.25) is 0 Å². The predicted octanol–water partition coefficient (Wildman–Crippen LogP) is 1.54. The second kappa shape index (κ2) is 4.79. The zero-order valence-corrected chi connectivity index (χ0v) is 7.87. The molecule has 2 N–H and O–H groups in total. The molecule has 14 heavy (non-hydrogen) atoms. The molecule has 1 rings (SSSR count). The van der Waals surface area contributed by atoms with Crippen LogP contribution in [0.5, 0.6) is 5.75 Å². The molecule has 0 unspecified atom stereocenters. The normalized spacial score (nSPS) is 8.29. The van der Waals surface area contributed by atoms with Crippen molar-refractivity contribution >= 4 is 5.69 Å². The number of hydrogen-bond donors (Lipinski definition) is 1. The molecule has 3 heteroatoms. The summed E-state index contributed by atoms with van der Waals surface area (Å²) in [7, 11) is 1.56. The van der Waals surface area contributed by atoms with E-state index in [1.165, 1.54) is 0 Å². The maximum absolute atomic E-state index is 8.31. The van der Waals surface area contributed by atoms with Crippen molar-refractivity contribution in [3.63, 3.8) is 0 Å². The first-order valence-corrected chi connectivity index (χ1v) is 4.07. The first-order chi connectivity index (χ1) is 6.77. The third-order valence-electron chi connectivity index (χ3n) is 1.62. The average molecular weight is 186 g/mol. The minimum Gasteiger partial charge on any atom is -0.495 e. The topological polar surface area (TPSA) is 59.0 Å². The molecule has 0 amide bonds. The van der Waals surface area contributed by atoms with Gasteiger partial charge in [0.15, 0.2) is 0 Å². The number of nitrogen functional groups attached to an aromatic ring is 1. The van der Waals surface area contributed by atoms with Crippen molar-refractivity contribution < 1.29 is 4.74 Å². The van der Waals surface area contributed by atoms with Crippen LogP contribution in [-0.2, 0) is 0 Å². The molecule has 0 bridgehead atoms. The van der Waals surface area contributed by atoms with Gasteiger partial charge in [-0.05, 0) is 12.1 Å². The Labute approximate surface area is 83.1 Å². The largest absolute Gasteiger partial charge is 0.495 e. The van der Waals surface area contributed by atoms with E-state index in [9.17, 15) is 0 Å². The minimum atomic E-state index is 0.216. The van der Waals surface area contributed by atoms with E-state index in [0.717, 1.165) is 5.56 Å². The van der Waals surface area contributed by atoms with Gasteiger partial charge in [-0.25, -0.2) is 0 Å². The number of hydrogen-bond acceptors (Lipinski definition) is 3. The number of benzene rings is 1. The molecule has 0 atom stereocenters. The van der Waals surface area contributed by atoms with E-state index in [2.05, 4.69) is 11.8 Å². The Hall–Kier alpha value is -2.13. The van der Waals surface area contributed by atoms with Gasteiger partial charge in [0.25, 0.3) is 0 Å². The molecule has 0 heterocycles. The van der Waals surface area contributed by atoms with Crippen LogP contribution >= 0.6 is 0 Å². The Balaban J connectivity index is 2.99. The third kappa shape index (κ3) is 2.43. The molecule has 0 spiro atoms. The highest BCUT2D eigenvalue weighted by atomic mass is 16.5. The van der Waals surface area contributed by atoms with Crippen molar-refractivity contribution in [1.29, 1.82) is 5.26 Å². The SMILES string of the molecule is COc1cc(N)ccc1C#CCC#N. The smallest absolute Gasteiger partial charge is 0.136 e. The maximum Gasteiger partial charge on any atom is 0.136 e. The zero-order valence-electron chi connectivity index (χ0n) is 7.87. The molecule has 0 saturated carbocycles. The summed E-state index contributed by atoms with van der Waals surface area (Å²) in [6, 6.07) is 7.18. The second-order valence-corrected chi connectivity index (χ2v) is 2.60. The fourth-order valence-electron chi connectivity index (χ4n) is 0.990. The highest BCUT2D eigenvalue weighted by molar-refractivity contribution is 5.54. The lowest BCUT2D eigenvalue weighted by Crippen LogP contribution is -1.91. The van der Waals surface area contributed by atoms with Crippen molar-refractivity contribution in [2.45, 2.75) is 6.42 Å². The van der Waals surface area contributed by atoms with E-state index >= 15 is 0 Å². The molecule has 0 aliphatic heterocycles. The molecular weight excluding hydrogens is 176 g/mol. The second-order valence-electron chi connectivity index (χ2n) is 2.60. The van der Waals surface area contributed by atoms with E-state index in [4.69, 9.17) is 15.7 Å². The highest BCUT2D eigenvalue weighted by Gasteiger charge is 1.99. The number of nitriles is 1. The van der Waals surface area contributed by atoms with E-state index in [-0.39, 0.29) is 6.42 Å². The van der Waals surface area contributed by atoms with Crippen LogP contribution in [0.3, 0.4) is 0 Å². The van der Waals surface area contributed by atoms with Gasteiger partial charge in [-0.3, -0.25) is 0 Å². The number of anilines is 1. The van der Waals surface area contributed by atoms with E-state index in [1.54, 1.807) is 25.3 Å². The summed E-state index contributed by atoms with van der Waals surface area (Å²) in [4.78, 5) is 0. The third-order valence-corrected chi connectivity index (χ3v) is 1.62. The van der Waals surface area contributed by atoms with Crippen LogP contribution in [0.25, 0.3) is 0 Å². The standard InChI is InChI=1S/C11H10N2O/c1-14-11-8-10(13)6-5-9(11)4-2-3-7-12/h5-6,8H,3,13H2,1H3. The quantitative estimate of drug-likeness (QED) is 0.534. The molecule has 70 valence electrons. The lowest BCUT2D eigenvalue weighted by Gasteiger charge is -2.03. The van der Waals surface area contributed by atoms with Crippen LogP contribution in [0.2, 0.25) is 0 Å². The van der Waals surface area contributed by atoms with Crippen molar-refractivity contribution in [2.24, 2.45) is 0 Å². The van der Waals surface area contributed by atoms with Crippen molar-refractivity contribution in [1.82, 2.24) is 0 Å². The van der Waals surface area contributed by atoms with Crippen molar-refractivity contribution in [2.75, 3.05) is 12.8 Å². The lowest BCUT2D eigenvalue weighted by molar-refractivity contribution is 0.414. The molecule has 1 aromatic rings. The number of methoxy groups -OCH3 is 1. The predicted molar refractivity (Wildman–Crippen MR) is 54.5 cm³/mol. The summed E-state index contributed by atoms with van der Waals surface area (Å²) >= 11 is 0. The molecule has 0 saturated heterocycles. The van der Waals surface area contributed by atoms with Crippen LogP contribution in [0.15, 0.2) is 18.2 Å². The molecule has 0 aliphatic carbocycles. The van der Waals surface area contributed by atoms with Crippen molar-refractivity contribution in [3.8, 4) is 23.7 Å². The minimum absolute atomic E-state index is 0.216. The Morgan fingerprint density at radius 1 is 1.50 bits per heavy atom. The van der Waals surface area contributed by atoms with E-state index < -0.39 is 0 Å². The fourth-order valence-corrected chi connectivity index (χ4v) is 0.990. The van der Waals surface area contributed by atoms with Gasteiger partial charge in [-0.15, -0.1) is 0 Å². The molecule has 0 aliphatic rings. The van der Waals surface area contributed by atoms with Crippen LogP contribution in [-0.4, -0.2) is 7.11 Å². The van der Waals surface area contributed by atoms with Gasteiger partial charge in [0.05, 0.1) is 25.2 Å². The fraction of sp³-hybridized carbons (Fsp3) is 0.182. The summed E-state index contributed by atoms with van der Waals surface area (Å²) in [5.41, 5.74) is 6.96. The maximum atomic E-state index is 8.31. The van der Waals surface area contributed by atoms with Gasteiger partial charge < -0.3 is 10.5 Å². The monoisotopic (exact) mass is 186 g/mol. The van der Waals surface area contributed by atoms with Gasteiger partial charge in [0, 0.05) is 11.8 Å². The first kappa shape index (κ1) is 9.95. The molecule has 1 aromatic carbocycles. The Morgan fingerprint density at radius 3 is 2.93 bits per heavy atom. The molecule has 0 fully saturated rings. The van der Waals surface area contributed by atoms with E-state index in [1.807, 2.05) is 6.07 Å². The van der Waals surface area contributed by atoms with Gasteiger partial charge in [0.1, 0.15) is 5.75 Å². The molecule has 0 aromatic heterocycles. The van der Waals surface area contributed by atoms with Crippen LogP contribution in [0.4, 0.5) is 5.69 Å². The highest BCUT2D eigenvalue weighted by Crippen LogP contribution is 2.20. The number of rotatable bonds is 1. The van der Waals surface area contributed by atoms with Gasteiger partial charge >= 0.3 is 0 Å². The van der Waals surface area contributed by atoms with Crippen LogP contribution in [0.1, 0.15) is 12.0 Å². The Kier molecular flexibility index (Phi) is 3.41. The molecular formula is C11H10N2O.